The highest BCUT2D eigenvalue weighted by Gasteiger charge is 2.17. The van der Waals surface area contributed by atoms with Crippen LogP contribution in [0.3, 0.4) is 0 Å². The van der Waals surface area contributed by atoms with Crippen molar-refractivity contribution in [3.05, 3.63) is 34.7 Å². The molecular formula is C13H13NO3S. The Kier molecular flexibility index (Phi) is 3.62. The van der Waals surface area contributed by atoms with Gasteiger partial charge < -0.3 is 9.84 Å². The summed E-state index contributed by atoms with van der Waals surface area (Å²) in [6, 6.07) is 7.52. The van der Waals surface area contributed by atoms with E-state index in [9.17, 15) is 4.79 Å². The fourth-order valence-electron chi connectivity index (χ4n) is 1.49. The third kappa shape index (κ3) is 2.51. The van der Waals surface area contributed by atoms with Crippen LogP contribution in [0.1, 0.15) is 17.8 Å². The fourth-order valence-corrected chi connectivity index (χ4v) is 2.36. The molecule has 1 unspecified atom stereocenters. The highest BCUT2D eigenvalue weighted by atomic mass is 32.1. The molecule has 0 saturated carbocycles. The lowest BCUT2D eigenvalue weighted by Gasteiger charge is -2.01. The molecule has 1 aromatic heterocycles. The molecule has 0 aliphatic carbocycles. The predicted octanol–water partition coefficient (Wildman–Crippen LogP) is 3.01. The monoisotopic (exact) mass is 263 g/mol. The third-order valence-corrected chi connectivity index (χ3v) is 3.68. The lowest BCUT2D eigenvalue weighted by Crippen LogP contribution is -2.06. The van der Waals surface area contributed by atoms with Crippen molar-refractivity contribution in [2.75, 3.05) is 7.11 Å². The van der Waals surface area contributed by atoms with Gasteiger partial charge in [-0.2, -0.15) is 0 Å². The SMILES string of the molecule is COc1ccc(-c2csc(C(C)C(=O)O)n2)cc1. The molecule has 1 heterocycles. The summed E-state index contributed by atoms with van der Waals surface area (Å²) in [5.41, 5.74) is 1.75. The molecule has 18 heavy (non-hydrogen) atoms. The van der Waals surface area contributed by atoms with E-state index in [0.29, 0.717) is 5.01 Å². The molecule has 1 N–H and O–H groups in total. The number of nitrogens with zero attached hydrogens (tertiary/aromatic N) is 1. The van der Waals surface area contributed by atoms with Crippen molar-refractivity contribution in [1.29, 1.82) is 0 Å². The molecule has 94 valence electrons. The molecule has 4 nitrogen and oxygen atoms in total. The Bertz CT molecular complexity index is 548. The van der Waals surface area contributed by atoms with Gasteiger partial charge in [-0.05, 0) is 31.2 Å². The largest absolute Gasteiger partial charge is 0.497 e. The van der Waals surface area contributed by atoms with Crippen LogP contribution in [0.15, 0.2) is 29.6 Å². The van der Waals surface area contributed by atoms with E-state index < -0.39 is 11.9 Å². The van der Waals surface area contributed by atoms with Gasteiger partial charge in [0.15, 0.2) is 0 Å². The number of aromatic nitrogens is 1. The number of aliphatic carboxylic acids is 1. The first kappa shape index (κ1) is 12.6. The van der Waals surface area contributed by atoms with Crippen LogP contribution in [-0.2, 0) is 4.79 Å². The van der Waals surface area contributed by atoms with Crippen LogP contribution < -0.4 is 4.74 Å². The van der Waals surface area contributed by atoms with E-state index >= 15 is 0 Å². The van der Waals surface area contributed by atoms with Crippen molar-refractivity contribution in [3.63, 3.8) is 0 Å². The van der Waals surface area contributed by atoms with Gasteiger partial charge in [0, 0.05) is 10.9 Å². The summed E-state index contributed by atoms with van der Waals surface area (Å²) < 4.78 is 5.08. The molecule has 0 fully saturated rings. The van der Waals surface area contributed by atoms with Crippen LogP contribution in [-0.4, -0.2) is 23.2 Å². The second-order valence-electron chi connectivity index (χ2n) is 3.86. The first-order chi connectivity index (χ1) is 8.61. The zero-order valence-corrected chi connectivity index (χ0v) is 10.9. The van der Waals surface area contributed by atoms with Gasteiger partial charge in [-0.1, -0.05) is 0 Å². The third-order valence-electron chi connectivity index (χ3n) is 2.65. The molecule has 0 aliphatic rings. The number of ether oxygens (including phenoxy) is 1. The van der Waals surface area contributed by atoms with Crippen molar-refractivity contribution < 1.29 is 14.6 Å². The van der Waals surface area contributed by atoms with E-state index in [0.717, 1.165) is 17.0 Å². The maximum Gasteiger partial charge on any atom is 0.313 e. The van der Waals surface area contributed by atoms with Crippen LogP contribution >= 0.6 is 11.3 Å². The molecule has 5 heteroatoms. The Morgan fingerprint density at radius 2 is 2.06 bits per heavy atom. The van der Waals surface area contributed by atoms with Gasteiger partial charge in [0.25, 0.3) is 0 Å². The summed E-state index contributed by atoms with van der Waals surface area (Å²) in [7, 11) is 1.62. The minimum absolute atomic E-state index is 0.568. The molecule has 0 saturated heterocycles. The molecule has 1 aromatic carbocycles. The van der Waals surface area contributed by atoms with E-state index in [2.05, 4.69) is 4.98 Å². The van der Waals surface area contributed by atoms with Crippen molar-refractivity contribution in [2.24, 2.45) is 0 Å². The van der Waals surface area contributed by atoms with E-state index in [4.69, 9.17) is 9.84 Å². The zero-order chi connectivity index (χ0) is 13.1. The number of hydrogen-bond donors (Lipinski definition) is 1. The number of carbonyl (C=O) groups is 1. The number of benzene rings is 1. The zero-order valence-electron chi connectivity index (χ0n) is 10.1. The second kappa shape index (κ2) is 5.18. The van der Waals surface area contributed by atoms with Gasteiger partial charge in [0.05, 0.1) is 12.8 Å². The summed E-state index contributed by atoms with van der Waals surface area (Å²) in [4.78, 5) is 15.2. The topological polar surface area (TPSA) is 59.4 Å². The fraction of sp³-hybridized carbons (Fsp3) is 0.231. The van der Waals surface area contributed by atoms with Crippen molar-refractivity contribution >= 4 is 17.3 Å². The number of carboxylic acid groups (broad SMARTS) is 1. The van der Waals surface area contributed by atoms with E-state index in [1.54, 1.807) is 14.0 Å². The summed E-state index contributed by atoms with van der Waals surface area (Å²) in [6.07, 6.45) is 0. The first-order valence-electron chi connectivity index (χ1n) is 5.44. The van der Waals surface area contributed by atoms with E-state index in [-0.39, 0.29) is 0 Å². The average Bonchev–Trinajstić information content (AvgIpc) is 2.87. The number of carboxylic acids is 1. The lowest BCUT2D eigenvalue weighted by molar-refractivity contribution is -0.138. The number of thiazole rings is 1. The van der Waals surface area contributed by atoms with Crippen LogP contribution in [0.25, 0.3) is 11.3 Å². The molecule has 0 radical (unpaired) electrons. The van der Waals surface area contributed by atoms with E-state index in [1.807, 2.05) is 29.6 Å². The molecular weight excluding hydrogens is 250 g/mol. The first-order valence-corrected chi connectivity index (χ1v) is 6.32. The van der Waals surface area contributed by atoms with Crippen LogP contribution in [0.2, 0.25) is 0 Å². The molecule has 2 rings (SSSR count). The number of methoxy groups -OCH3 is 1. The number of hydrogen-bond acceptors (Lipinski definition) is 4. The summed E-state index contributed by atoms with van der Waals surface area (Å²) in [6.45, 7) is 1.64. The van der Waals surface area contributed by atoms with Crippen molar-refractivity contribution in [1.82, 2.24) is 4.98 Å². The maximum absolute atomic E-state index is 10.9. The second-order valence-corrected chi connectivity index (χ2v) is 4.75. The molecule has 1 atom stereocenters. The number of rotatable bonds is 4. The van der Waals surface area contributed by atoms with Gasteiger partial charge in [0.1, 0.15) is 16.7 Å². The van der Waals surface area contributed by atoms with Crippen LogP contribution in [0.5, 0.6) is 5.75 Å². The lowest BCUT2D eigenvalue weighted by atomic mass is 10.1. The minimum Gasteiger partial charge on any atom is -0.497 e. The van der Waals surface area contributed by atoms with Gasteiger partial charge in [-0.15, -0.1) is 11.3 Å². The highest BCUT2D eigenvalue weighted by molar-refractivity contribution is 7.10. The van der Waals surface area contributed by atoms with Crippen molar-refractivity contribution in [2.45, 2.75) is 12.8 Å². The van der Waals surface area contributed by atoms with Gasteiger partial charge in [-0.25, -0.2) is 4.98 Å². The van der Waals surface area contributed by atoms with Gasteiger partial charge in [0.2, 0.25) is 0 Å². The van der Waals surface area contributed by atoms with Crippen LogP contribution in [0, 0.1) is 0 Å². The Morgan fingerprint density at radius 1 is 1.39 bits per heavy atom. The molecule has 2 aromatic rings. The Labute approximate surface area is 109 Å². The van der Waals surface area contributed by atoms with E-state index in [1.165, 1.54) is 11.3 Å². The minimum atomic E-state index is -0.856. The standard InChI is InChI=1S/C13H13NO3S/c1-8(13(15)16)12-14-11(7-18-12)9-3-5-10(17-2)6-4-9/h3-8H,1-2H3,(H,15,16). The van der Waals surface area contributed by atoms with Gasteiger partial charge in [-0.3, -0.25) is 4.79 Å². The van der Waals surface area contributed by atoms with Gasteiger partial charge >= 0.3 is 5.97 Å². The Hall–Kier alpha value is -1.88. The Morgan fingerprint density at radius 3 is 2.61 bits per heavy atom. The molecule has 0 amide bonds. The maximum atomic E-state index is 10.9. The average molecular weight is 263 g/mol. The molecule has 0 bridgehead atoms. The smallest absolute Gasteiger partial charge is 0.313 e. The Balaban J connectivity index is 2.26. The molecule has 0 spiro atoms. The quantitative estimate of drug-likeness (QED) is 0.921. The normalized spacial score (nSPS) is 12.1. The van der Waals surface area contributed by atoms with Crippen molar-refractivity contribution in [3.8, 4) is 17.0 Å². The summed E-state index contributed by atoms with van der Waals surface area (Å²) >= 11 is 1.37. The summed E-state index contributed by atoms with van der Waals surface area (Å²) in [5.74, 6) is -0.638. The highest BCUT2D eigenvalue weighted by Crippen LogP contribution is 2.27. The van der Waals surface area contributed by atoms with Crippen LogP contribution in [0.4, 0.5) is 0 Å². The summed E-state index contributed by atoms with van der Waals surface area (Å²) in [5, 5.41) is 11.4. The predicted molar refractivity (Wildman–Crippen MR) is 70.2 cm³/mol. The molecule has 0 aliphatic heterocycles.